The number of hydrogen-bond acceptors (Lipinski definition) is 4. The maximum Gasteiger partial charge on any atom is 0.262 e. The second-order valence-electron chi connectivity index (χ2n) is 6.06. The van der Waals surface area contributed by atoms with Crippen molar-refractivity contribution >= 4 is 21.6 Å². The standard InChI is InChI=1S/C19H25N3O3S/c1-4-20-10-11-21-19(23)16-9-8-15(3)18(13-16)26(24,25)22-17-7-5-6-14(2)12-17/h5-9,12-13,20,22H,4,10-11H2,1-3H3,(H,21,23). The summed E-state index contributed by atoms with van der Waals surface area (Å²) >= 11 is 0. The number of aryl methyl sites for hydroxylation is 2. The number of sulfonamides is 1. The average Bonchev–Trinajstić information content (AvgIpc) is 2.58. The Morgan fingerprint density at radius 1 is 1.04 bits per heavy atom. The van der Waals surface area contributed by atoms with Gasteiger partial charge in [0, 0.05) is 24.3 Å². The van der Waals surface area contributed by atoms with E-state index in [4.69, 9.17) is 0 Å². The van der Waals surface area contributed by atoms with Gasteiger partial charge < -0.3 is 10.6 Å². The van der Waals surface area contributed by atoms with E-state index in [1.807, 2.05) is 19.9 Å². The predicted octanol–water partition coefficient (Wildman–Crippen LogP) is 2.44. The molecule has 7 heteroatoms. The Kier molecular flexibility index (Phi) is 6.76. The van der Waals surface area contributed by atoms with E-state index < -0.39 is 10.0 Å². The summed E-state index contributed by atoms with van der Waals surface area (Å²) in [6.07, 6.45) is 0. The lowest BCUT2D eigenvalue weighted by Crippen LogP contribution is -2.31. The van der Waals surface area contributed by atoms with E-state index in [2.05, 4.69) is 15.4 Å². The predicted molar refractivity (Wildman–Crippen MR) is 104 cm³/mol. The Labute approximate surface area is 155 Å². The topological polar surface area (TPSA) is 87.3 Å². The van der Waals surface area contributed by atoms with Crippen molar-refractivity contribution in [2.24, 2.45) is 0 Å². The van der Waals surface area contributed by atoms with Gasteiger partial charge in [-0.1, -0.05) is 25.1 Å². The zero-order chi connectivity index (χ0) is 19.2. The fourth-order valence-corrected chi connectivity index (χ4v) is 3.81. The molecule has 0 aliphatic rings. The number of benzene rings is 2. The van der Waals surface area contributed by atoms with Gasteiger partial charge in [-0.25, -0.2) is 8.42 Å². The normalized spacial score (nSPS) is 11.2. The molecular formula is C19H25N3O3S. The minimum absolute atomic E-state index is 0.0957. The number of carbonyl (C=O) groups is 1. The van der Waals surface area contributed by atoms with Crippen LogP contribution in [0.4, 0.5) is 5.69 Å². The number of rotatable bonds is 8. The lowest BCUT2D eigenvalue weighted by molar-refractivity contribution is 0.0953. The van der Waals surface area contributed by atoms with Crippen molar-refractivity contribution < 1.29 is 13.2 Å². The molecule has 2 aromatic carbocycles. The van der Waals surface area contributed by atoms with E-state index in [0.717, 1.165) is 12.1 Å². The first-order valence-electron chi connectivity index (χ1n) is 8.52. The summed E-state index contributed by atoms with van der Waals surface area (Å²) in [5.74, 6) is -0.296. The third-order valence-electron chi connectivity index (χ3n) is 3.85. The quantitative estimate of drug-likeness (QED) is 0.619. The Balaban J connectivity index is 2.21. The molecule has 0 radical (unpaired) electrons. The van der Waals surface area contributed by atoms with Crippen LogP contribution in [0, 0.1) is 13.8 Å². The van der Waals surface area contributed by atoms with E-state index in [0.29, 0.717) is 29.9 Å². The molecule has 0 saturated carbocycles. The summed E-state index contributed by atoms with van der Waals surface area (Å²) in [5.41, 5.74) is 2.34. The maximum atomic E-state index is 12.8. The number of anilines is 1. The van der Waals surface area contributed by atoms with Crippen LogP contribution < -0.4 is 15.4 Å². The van der Waals surface area contributed by atoms with E-state index in [9.17, 15) is 13.2 Å². The van der Waals surface area contributed by atoms with Crippen LogP contribution in [0.1, 0.15) is 28.4 Å². The second-order valence-corrected chi connectivity index (χ2v) is 7.72. The second kappa shape index (κ2) is 8.82. The van der Waals surface area contributed by atoms with Gasteiger partial charge in [-0.2, -0.15) is 0 Å². The van der Waals surface area contributed by atoms with Crippen LogP contribution in [-0.2, 0) is 10.0 Å². The monoisotopic (exact) mass is 375 g/mol. The molecular weight excluding hydrogens is 350 g/mol. The van der Waals surface area contributed by atoms with E-state index in [-0.39, 0.29) is 10.8 Å². The maximum absolute atomic E-state index is 12.8. The number of carbonyl (C=O) groups excluding carboxylic acids is 1. The highest BCUT2D eigenvalue weighted by Crippen LogP contribution is 2.21. The molecule has 2 aromatic rings. The van der Waals surface area contributed by atoms with Crippen LogP contribution >= 0.6 is 0 Å². The zero-order valence-corrected chi connectivity index (χ0v) is 16.1. The molecule has 2 rings (SSSR count). The van der Waals surface area contributed by atoms with Crippen molar-refractivity contribution in [3.05, 3.63) is 59.2 Å². The van der Waals surface area contributed by atoms with Gasteiger partial charge in [-0.3, -0.25) is 9.52 Å². The summed E-state index contributed by atoms with van der Waals surface area (Å²) in [6.45, 7) is 7.55. The van der Waals surface area contributed by atoms with Gasteiger partial charge in [-0.15, -0.1) is 0 Å². The number of likely N-dealkylation sites (N-methyl/N-ethyl adjacent to an activating group) is 1. The molecule has 0 heterocycles. The van der Waals surface area contributed by atoms with Gasteiger partial charge in [0.25, 0.3) is 15.9 Å². The lowest BCUT2D eigenvalue weighted by Gasteiger charge is -2.13. The lowest BCUT2D eigenvalue weighted by atomic mass is 10.1. The highest BCUT2D eigenvalue weighted by atomic mass is 32.2. The fourth-order valence-electron chi connectivity index (χ4n) is 2.49. The largest absolute Gasteiger partial charge is 0.351 e. The minimum atomic E-state index is -3.79. The van der Waals surface area contributed by atoms with Crippen LogP contribution in [0.25, 0.3) is 0 Å². The third-order valence-corrected chi connectivity index (χ3v) is 5.37. The molecule has 0 aliphatic carbocycles. The highest BCUT2D eigenvalue weighted by molar-refractivity contribution is 7.92. The molecule has 1 amide bonds. The van der Waals surface area contributed by atoms with Crippen molar-refractivity contribution in [3.63, 3.8) is 0 Å². The molecule has 6 nitrogen and oxygen atoms in total. The van der Waals surface area contributed by atoms with Crippen LogP contribution in [0.5, 0.6) is 0 Å². The number of nitrogens with one attached hydrogen (secondary N) is 3. The van der Waals surface area contributed by atoms with Crippen molar-refractivity contribution in [1.82, 2.24) is 10.6 Å². The first kappa shape index (κ1) is 19.9. The van der Waals surface area contributed by atoms with Gasteiger partial charge >= 0.3 is 0 Å². The third kappa shape index (κ3) is 5.31. The number of hydrogen-bond donors (Lipinski definition) is 3. The van der Waals surface area contributed by atoms with E-state index in [1.165, 1.54) is 6.07 Å². The molecule has 26 heavy (non-hydrogen) atoms. The number of amides is 1. The van der Waals surface area contributed by atoms with Crippen molar-refractivity contribution in [2.75, 3.05) is 24.4 Å². The molecule has 3 N–H and O–H groups in total. The molecule has 140 valence electrons. The molecule has 0 spiro atoms. The Morgan fingerprint density at radius 2 is 1.81 bits per heavy atom. The Bertz CT molecular complexity index is 879. The van der Waals surface area contributed by atoms with Crippen LogP contribution in [-0.4, -0.2) is 34.0 Å². The first-order chi connectivity index (χ1) is 12.3. The van der Waals surface area contributed by atoms with E-state index >= 15 is 0 Å². The Hall–Kier alpha value is -2.38. The summed E-state index contributed by atoms with van der Waals surface area (Å²) in [4.78, 5) is 12.3. The summed E-state index contributed by atoms with van der Waals surface area (Å²) < 4.78 is 28.1. The zero-order valence-electron chi connectivity index (χ0n) is 15.3. The van der Waals surface area contributed by atoms with Crippen LogP contribution in [0.2, 0.25) is 0 Å². The van der Waals surface area contributed by atoms with Gasteiger partial charge in [0.05, 0.1) is 4.90 Å². The molecule has 0 unspecified atom stereocenters. The van der Waals surface area contributed by atoms with Crippen molar-refractivity contribution in [1.29, 1.82) is 0 Å². The van der Waals surface area contributed by atoms with Crippen molar-refractivity contribution in [3.8, 4) is 0 Å². The van der Waals surface area contributed by atoms with Gasteiger partial charge in [0.2, 0.25) is 0 Å². The average molecular weight is 375 g/mol. The molecule has 0 aliphatic heterocycles. The molecule has 0 aromatic heterocycles. The van der Waals surface area contributed by atoms with Gasteiger partial charge in [0.1, 0.15) is 0 Å². The smallest absolute Gasteiger partial charge is 0.262 e. The van der Waals surface area contributed by atoms with Crippen molar-refractivity contribution in [2.45, 2.75) is 25.7 Å². The molecule has 0 saturated heterocycles. The van der Waals surface area contributed by atoms with E-state index in [1.54, 1.807) is 37.3 Å². The SMILES string of the molecule is CCNCCNC(=O)c1ccc(C)c(S(=O)(=O)Nc2cccc(C)c2)c1. The van der Waals surface area contributed by atoms with Crippen LogP contribution in [0.3, 0.4) is 0 Å². The Morgan fingerprint density at radius 3 is 2.50 bits per heavy atom. The fraction of sp³-hybridized carbons (Fsp3) is 0.316. The molecule has 0 fully saturated rings. The van der Waals surface area contributed by atoms with Crippen LogP contribution in [0.15, 0.2) is 47.4 Å². The first-order valence-corrected chi connectivity index (χ1v) is 10.0. The summed E-state index contributed by atoms with van der Waals surface area (Å²) in [7, 11) is -3.79. The molecule has 0 atom stereocenters. The van der Waals surface area contributed by atoms with Gasteiger partial charge in [-0.05, 0) is 55.8 Å². The highest BCUT2D eigenvalue weighted by Gasteiger charge is 2.19. The molecule has 0 bridgehead atoms. The summed E-state index contributed by atoms with van der Waals surface area (Å²) in [5, 5.41) is 5.88. The summed E-state index contributed by atoms with van der Waals surface area (Å²) in [6, 6.07) is 11.8. The van der Waals surface area contributed by atoms with Gasteiger partial charge in [0.15, 0.2) is 0 Å². The minimum Gasteiger partial charge on any atom is -0.351 e.